The molecule has 0 aliphatic carbocycles. The summed E-state index contributed by atoms with van der Waals surface area (Å²) >= 11 is 0. The van der Waals surface area contributed by atoms with E-state index >= 15 is 0 Å². The minimum Gasteiger partial charge on any atom is -0.489 e. The normalized spacial score (nSPS) is 18.3. The number of nitrogens with two attached hydrogens (primary N) is 1. The van der Waals surface area contributed by atoms with Crippen LogP contribution in [0.15, 0.2) is 53.3 Å². The number of nitrogens with one attached hydrogen (secondary N) is 2. The smallest absolute Gasteiger partial charge is 0.323 e. The van der Waals surface area contributed by atoms with E-state index in [1.807, 2.05) is 0 Å². The zero-order valence-corrected chi connectivity index (χ0v) is 20.2. The van der Waals surface area contributed by atoms with Gasteiger partial charge in [-0.15, -0.1) is 0 Å². The molecule has 37 heavy (non-hydrogen) atoms. The number of aromatic nitrogens is 3. The van der Waals surface area contributed by atoms with E-state index in [0.29, 0.717) is 39.2 Å². The van der Waals surface area contributed by atoms with Gasteiger partial charge in [0.2, 0.25) is 5.91 Å². The number of fused-ring (bicyclic) bond motifs is 2. The van der Waals surface area contributed by atoms with Gasteiger partial charge in [-0.3, -0.25) is 9.59 Å². The van der Waals surface area contributed by atoms with Crippen LogP contribution < -0.4 is 16.2 Å². The number of Topliss-reactive ketones (excluding diaryl/α,β-unsaturated/α-hetero) is 1. The fourth-order valence-corrected chi connectivity index (χ4v) is 4.50. The number of amides is 1. The molecule has 5 rings (SSSR count). The van der Waals surface area contributed by atoms with Crippen LogP contribution in [0, 0.1) is 5.82 Å². The van der Waals surface area contributed by atoms with Crippen LogP contribution in [0.25, 0.3) is 22.3 Å². The van der Waals surface area contributed by atoms with Gasteiger partial charge in [0.15, 0.2) is 5.78 Å². The number of primary amides is 1. The van der Waals surface area contributed by atoms with Gasteiger partial charge in [0, 0.05) is 23.1 Å². The van der Waals surface area contributed by atoms with Gasteiger partial charge < -0.3 is 25.5 Å². The first kappa shape index (κ1) is 24.4. The van der Waals surface area contributed by atoms with Gasteiger partial charge in [-0.1, -0.05) is 0 Å². The third-order valence-corrected chi connectivity index (χ3v) is 6.96. The van der Waals surface area contributed by atoms with E-state index in [4.69, 9.17) is 10.5 Å². The number of halogens is 1. The van der Waals surface area contributed by atoms with Crippen molar-refractivity contribution in [2.45, 2.75) is 37.7 Å². The predicted octanol–water partition coefficient (Wildman–Crippen LogP) is 3.06. The highest BCUT2D eigenvalue weighted by Crippen LogP contribution is 2.45. The summed E-state index contributed by atoms with van der Waals surface area (Å²) in [4.78, 5) is 46.7. The molecule has 0 fully saturated rings. The minimum atomic E-state index is -1.56. The molecule has 10 heteroatoms. The molecular formula is C27H25FN4O5. The summed E-state index contributed by atoms with van der Waals surface area (Å²) in [5.74, 6) is -0.903. The minimum absolute atomic E-state index is 0.00134. The molecule has 190 valence electrons. The fourth-order valence-electron chi connectivity index (χ4n) is 4.50. The molecule has 0 saturated carbocycles. The third kappa shape index (κ3) is 4.29. The molecule has 2 atom stereocenters. The second-order valence-corrected chi connectivity index (χ2v) is 9.76. The van der Waals surface area contributed by atoms with Gasteiger partial charge in [-0.2, -0.15) is 0 Å². The zero-order valence-electron chi connectivity index (χ0n) is 20.2. The van der Waals surface area contributed by atoms with E-state index in [0.717, 1.165) is 0 Å². The standard InChI is InChI=1S/C27H25FN4O5/c1-26(24(29)34)13-37-23-17(26)12-21(32-22(23)14-3-6-16(28)7-4-14)27(2,36)10-9-20(33)15-5-8-18-19(11-15)31-25(35)30-18/h3-8,11-12,36H,9-10,13H2,1-2H3,(H2,29,34)(H2,30,31,35)/t26-,27-/m0/s1. The van der Waals surface area contributed by atoms with Crippen LogP contribution in [-0.2, 0) is 15.8 Å². The van der Waals surface area contributed by atoms with Crippen LogP contribution in [0.1, 0.15) is 48.3 Å². The number of hydrogen-bond acceptors (Lipinski definition) is 6. The highest BCUT2D eigenvalue weighted by Gasteiger charge is 2.45. The van der Waals surface area contributed by atoms with Crippen molar-refractivity contribution in [1.29, 1.82) is 0 Å². The Balaban J connectivity index is 1.49. The van der Waals surface area contributed by atoms with E-state index in [1.165, 1.54) is 31.2 Å². The maximum atomic E-state index is 13.6. The number of imidazole rings is 1. The van der Waals surface area contributed by atoms with Gasteiger partial charge in [0.05, 0.1) is 16.7 Å². The largest absolute Gasteiger partial charge is 0.489 e. The van der Waals surface area contributed by atoms with Crippen molar-refractivity contribution in [2.75, 3.05) is 6.61 Å². The van der Waals surface area contributed by atoms with Crippen LogP contribution in [0.2, 0.25) is 0 Å². The second kappa shape index (κ2) is 8.67. The highest BCUT2D eigenvalue weighted by atomic mass is 19.1. The molecule has 0 unspecified atom stereocenters. The molecule has 9 nitrogen and oxygen atoms in total. The van der Waals surface area contributed by atoms with Crippen molar-refractivity contribution in [3.05, 3.63) is 81.7 Å². The van der Waals surface area contributed by atoms with Crippen LogP contribution >= 0.6 is 0 Å². The first-order valence-electron chi connectivity index (χ1n) is 11.7. The Hall–Kier alpha value is -4.31. The van der Waals surface area contributed by atoms with E-state index in [-0.39, 0.29) is 36.6 Å². The average Bonchev–Trinajstić information content (AvgIpc) is 3.41. The number of aliphatic hydroxyl groups is 1. The quantitative estimate of drug-likeness (QED) is 0.284. The van der Waals surface area contributed by atoms with Gasteiger partial charge in [0.1, 0.15) is 34.9 Å². The molecular weight excluding hydrogens is 479 g/mol. The predicted molar refractivity (Wildman–Crippen MR) is 134 cm³/mol. The lowest BCUT2D eigenvalue weighted by molar-refractivity contribution is -0.123. The summed E-state index contributed by atoms with van der Waals surface area (Å²) < 4.78 is 19.4. The number of ketones is 1. The van der Waals surface area contributed by atoms with E-state index in [1.54, 1.807) is 31.2 Å². The molecule has 0 spiro atoms. The molecule has 2 aromatic carbocycles. The SMILES string of the molecule is C[C@](O)(CCC(=O)c1ccc2[nH]c(=O)[nH]c2c1)c1cc2c(c(-c3ccc(F)cc3)n1)OC[C@]2(C)C(N)=O. The van der Waals surface area contributed by atoms with Gasteiger partial charge in [-0.05, 0) is 68.8 Å². The number of pyridine rings is 1. The van der Waals surface area contributed by atoms with Gasteiger partial charge >= 0.3 is 5.69 Å². The Morgan fingerprint density at radius 3 is 2.57 bits per heavy atom. The number of rotatable bonds is 7. The van der Waals surface area contributed by atoms with Crippen LogP contribution in [0.4, 0.5) is 4.39 Å². The Morgan fingerprint density at radius 1 is 1.16 bits per heavy atom. The fraction of sp³-hybridized carbons (Fsp3) is 0.259. The molecule has 1 amide bonds. The monoisotopic (exact) mass is 504 g/mol. The topological polar surface area (TPSA) is 151 Å². The summed E-state index contributed by atoms with van der Waals surface area (Å²) in [7, 11) is 0. The van der Waals surface area contributed by atoms with Crippen molar-refractivity contribution < 1.29 is 23.8 Å². The Bertz CT molecular complexity index is 1610. The Labute approximate surface area is 210 Å². The number of benzene rings is 2. The molecule has 4 aromatic rings. The van der Waals surface area contributed by atoms with Crippen LogP contribution in [-0.4, -0.2) is 38.4 Å². The summed E-state index contributed by atoms with van der Waals surface area (Å²) in [6, 6.07) is 12.0. The van der Waals surface area contributed by atoms with Gasteiger partial charge in [0.25, 0.3) is 0 Å². The molecule has 1 aliphatic heterocycles. The summed E-state index contributed by atoms with van der Waals surface area (Å²) in [6.45, 7) is 3.19. The van der Waals surface area contributed by atoms with E-state index in [9.17, 15) is 23.9 Å². The van der Waals surface area contributed by atoms with Crippen molar-refractivity contribution in [3.63, 3.8) is 0 Å². The Kier molecular flexibility index (Phi) is 5.71. The van der Waals surface area contributed by atoms with Crippen LogP contribution in [0.5, 0.6) is 5.75 Å². The first-order chi connectivity index (χ1) is 17.5. The molecule has 0 bridgehead atoms. The van der Waals surface area contributed by atoms with Crippen molar-refractivity contribution in [2.24, 2.45) is 5.73 Å². The van der Waals surface area contributed by atoms with Crippen molar-refractivity contribution in [3.8, 4) is 17.0 Å². The van der Waals surface area contributed by atoms with Crippen molar-refractivity contribution >= 4 is 22.7 Å². The second-order valence-electron chi connectivity index (χ2n) is 9.76. The highest BCUT2D eigenvalue weighted by molar-refractivity contribution is 5.98. The zero-order chi connectivity index (χ0) is 26.5. The molecule has 1 aliphatic rings. The number of carbonyl (C=O) groups is 2. The first-order valence-corrected chi connectivity index (χ1v) is 11.7. The number of ether oxygens (including phenoxy) is 1. The lowest BCUT2D eigenvalue weighted by Gasteiger charge is -2.26. The molecule has 0 saturated heterocycles. The maximum absolute atomic E-state index is 13.6. The molecule has 0 radical (unpaired) electrons. The number of H-pyrrole nitrogens is 2. The number of nitrogens with zero attached hydrogens (tertiary/aromatic N) is 1. The third-order valence-electron chi connectivity index (χ3n) is 6.96. The molecule has 3 heterocycles. The number of aromatic amines is 2. The molecule has 5 N–H and O–H groups in total. The van der Waals surface area contributed by atoms with Gasteiger partial charge in [-0.25, -0.2) is 14.2 Å². The van der Waals surface area contributed by atoms with Crippen LogP contribution in [0.3, 0.4) is 0 Å². The van der Waals surface area contributed by atoms with E-state index in [2.05, 4.69) is 15.0 Å². The average molecular weight is 505 g/mol. The summed E-state index contributed by atoms with van der Waals surface area (Å²) in [5.41, 5.74) is 5.67. The van der Waals surface area contributed by atoms with Crippen molar-refractivity contribution in [1.82, 2.24) is 15.0 Å². The number of carbonyl (C=O) groups excluding carboxylic acids is 2. The molecule has 2 aromatic heterocycles. The maximum Gasteiger partial charge on any atom is 0.323 e. The lowest BCUT2D eigenvalue weighted by Crippen LogP contribution is -2.40. The summed E-state index contributed by atoms with van der Waals surface area (Å²) in [5, 5.41) is 11.4. The lowest BCUT2D eigenvalue weighted by atomic mass is 9.81. The summed E-state index contributed by atoms with van der Waals surface area (Å²) in [6.07, 6.45) is 0.0116. The Morgan fingerprint density at radius 2 is 1.86 bits per heavy atom. The van der Waals surface area contributed by atoms with E-state index < -0.39 is 22.7 Å². The number of hydrogen-bond donors (Lipinski definition) is 4.